The molecule has 0 aliphatic carbocycles. The minimum atomic E-state index is 0.794. The predicted molar refractivity (Wildman–Crippen MR) is 225 cm³/mol. The number of rotatable bonds is 9. The number of aryl methyl sites for hydroxylation is 1. The normalized spacial score (nSPS) is 10.9. The fourth-order valence-corrected chi connectivity index (χ4v) is 6.72. The van der Waals surface area contributed by atoms with Gasteiger partial charge in [-0.1, -0.05) is 66.2 Å². The Labute approximate surface area is 325 Å². The zero-order valence-corrected chi connectivity index (χ0v) is 30.6. The van der Waals surface area contributed by atoms with E-state index in [1.54, 1.807) is 24.8 Å². The van der Waals surface area contributed by atoms with Crippen molar-refractivity contribution in [3.63, 3.8) is 0 Å². The molecule has 0 saturated heterocycles. The van der Waals surface area contributed by atoms with E-state index in [1.165, 1.54) is 5.56 Å². The van der Waals surface area contributed by atoms with Crippen molar-refractivity contribution in [2.75, 3.05) is 4.90 Å². The fraction of sp³-hybridized carbons (Fsp3) is 0.0204. The molecule has 0 aliphatic heterocycles. The first-order valence-corrected chi connectivity index (χ1v) is 18.4. The molecule has 0 amide bonds. The van der Waals surface area contributed by atoms with Crippen molar-refractivity contribution < 1.29 is 0 Å². The second kappa shape index (κ2) is 15.4. The number of benzene rings is 3. The number of nitrogens with zero attached hydrogens (tertiary/aromatic N) is 7. The first kappa shape index (κ1) is 34.1. The maximum Gasteiger partial charge on any atom is 0.0900 e. The van der Waals surface area contributed by atoms with Gasteiger partial charge in [0, 0.05) is 41.8 Å². The van der Waals surface area contributed by atoms with Gasteiger partial charge < -0.3 is 4.90 Å². The average molecular weight is 722 g/mol. The summed E-state index contributed by atoms with van der Waals surface area (Å²) in [5.41, 5.74) is 15.0. The predicted octanol–water partition coefficient (Wildman–Crippen LogP) is 11.8. The van der Waals surface area contributed by atoms with Crippen molar-refractivity contribution in [2.24, 2.45) is 0 Å². The third-order valence-electron chi connectivity index (χ3n) is 9.57. The van der Waals surface area contributed by atoms with Crippen LogP contribution < -0.4 is 4.90 Å². The van der Waals surface area contributed by atoms with Gasteiger partial charge in [0.15, 0.2) is 0 Å². The Morgan fingerprint density at radius 1 is 0.304 bits per heavy atom. The van der Waals surface area contributed by atoms with Gasteiger partial charge in [-0.05, 0) is 138 Å². The largest absolute Gasteiger partial charge is 0.311 e. The summed E-state index contributed by atoms with van der Waals surface area (Å²) in [5.74, 6) is 0. The molecule has 6 heterocycles. The van der Waals surface area contributed by atoms with Gasteiger partial charge in [-0.15, -0.1) is 0 Å². The van der Waals surface area contributed by atoms with Gasteiger partial charge in [0.2, 0.25) is 0 Å². The smallest absolute Gasteiger partial charge is 0.0900 e. The molecule has 0 saturated carbocycles. The van der Waals surface area contributed by atoms with E-state index in [2.05, 4.69) is 129 Å². The van der Waals surface area contributed by atoms with E-state index in [-0.39, 0.29) is 0 Å². The summed E-state index contributed by atoms with van der Waals surface area (Å²) in [6.45, 7) is 2.11. The first-order chi connectivity index (χ1) is 27.6. The highest BCUT2D eigenvalue weighted by Gasteiger charge is 2.16. The highest BCUT2D eigenvalue weighted by atomic mass is 15.1. The third kappa shape index (κ3) is 7.29. The minimum absolute atomic E-state index is 0.794. The summed E-state index contributed by atoms with van der Waals surface area (Å²) in [7, 11) is 0. The first-order valence-electron chi connectivity index (χ1n) is 18.4. The van der Waals surface area contributed by atoms with E-state index < -0.39 is 0 Å². The summed E-state index contributed by atoms with van der Waals surface area (Å²) in [6.07, 6.45) is 7.17. The van der Waals surface area contributed by atoms with Crippen molar-refractivity contribution in [1.82, 2.24) is 29.9 Å². The molecular formula is C49H35N7. The van der Waals surface area contributed by atoms with Crippen molar-refractivity contribution in [3.05, 3.63) is 200 Å². The van der Waals surface area contributed by atoms with E-state index in [9.17, 15) is 0 Å². The topological polar surface area (TPSA) is 80.6 Å². The molecule has 0 fully saturated rings. The standard InChI is InChI=1S/C49H35N7/c1-34-14-20-39(21-15-34)56(40-22-16-35(17-23-40)37-30-46(42-10-2-6-26-50-42)54-47(31-37)43-11-3-7-27-51-43)41-24-18-36(19-25-41)38-32-48(44-12-4-8-28-52-44)55-49(33-38)45-13-5-9-29-53-45/h2-33H,1H3. The minimum Gasteiger partial charge on any atom is -0.311 e. The van der Waals surface area contributed by atoms with Gasteiger partial charge in [0.05, 0.1) is 45.6 Å². The van der Waals surface area contributed by atoms with Crippen molar-refractivity contribution in [1.29, 1.82) is 0 Å². The van der Waals surface area contributed by atoms with Crippen LogP contribution in [0.4, 0.5) is 17.1 Å². The Bertz CT molecular complexity index is 2420. The number of anilines is 3. The molecule has 0 unspecified atom stereocenters. The van der Waals surface area contributed by atoms with Gasteiger partial charge in [-0.2, -0.15) is 0 Å². The van der Waals surface area contributed by atoms with Gasteiger partial charge in [0.25, 0.3) is 0 Å². The number of pyridine rings is 6. The number of hydrogen-bond donors (Lipinski definition) is 0. The monoisotopic (exact) mass is 721 g/mol. The summed E-state index contributed by atoms with van der Waals surface area (Å²) in [4.78, 5) is 30.6. The van der Waals surface area contributed by atoms with Crippen molar-refractivity contribution >= 4 is 17.1 Å². The van der Waals surface area contributed by atoms with Crippen LogP contribution in [-0.2, 0) is 0 Å². The summed E-state index contributed by atoms with van der Waals surface area (Å²) < 4.78 is 0. The second-order valence-electron chi connectivity index (χ2n) is 13.4. The zero-order chi connectivity index (χ0) is 37.7. The Kier molecular flexibility index (Phi) is 9.38. The van der Waals surface area contributed by atoms with E-state index in [0.717, 1.165) is 84.9 Å². The third-order valence-corrected chi connectivity index (χ3v) is 9.57. The molecule has 0 spiro atoms. The Hall–Kier alpha value is -7.64. The Balaban J connectivity index is 1.09. The molecule has 0 bridgehead atoms. The lowest BCUT2D eigenvalue weighted by molar-refractivity contribution is 1.22. The molecule has 9 rings (SSSR count). The maximum absolute atomic E-state index is 4.96. The molecule has 7 heteroatoms. The molecule has 0 N–H and O–H groups in total. The SMILES string of the molecule is Cc1ccc(N(c2ccc(-c3cc(-c4ccccn4)nc(-c4ccccn4)c3)cc2)c2ccc(-c3cc(-c4ccccn4)nc(-c4ccccn4)c3)cc2)cc1. The van der Waals surface area contributed by atoms with Crippen LogP contribution in [0.5, 0.6) is 0 Å². The molecule has 0 radical (unpaired) electrons. The van der Waals surface area contributed by atoms with Gasteiger partial charge in [0.1, 0.15) is 0 Å². The van der Waals surface area contributed by atoms with Crippen LogP contribution in [0.2, 0.25) is 0 Å². The van der Waals surface area contributed by atoms with Crippen LogP contribution >= 0.6 is 0 Å². The maximum atomic E-state index is 4.96. The van der Waals surface area contributed by atoms with Crippen LogP contribution in [0.15, 0.2) is 195 Å². The molecule has 6 aromatic heterocycles. The van der Waals surface area contributed by atoms with Crippen LogP contribution in [0, 0.1) is 6.92 Å². The molecule has 9 aromatic rings. The summed E-state index contributed by atoms with van der Waals surface area (Å²) >= 11 is 0. The van der Waals surface area contributed by atoms with Crippen molar-refractivity contribution in [3.8, 4) is 67.8 Å². The van der Waals surface area contributed by atoms with E-state index in [0.29, 0.717) is 0 Å². The fourth-order valence-electron chi connectivity index (χ4n) is 6.72. The molecule has 0 aliphatic rings. The molecule has 3 aromatic carbocycles. The van der Waals surface area contributed by atoms with Crippen LogP contribution in [0.25, 0.3) is 67.8 Å². The van der Waals surface area contributed by atoms with Gasteiger partial charge in [-0.3, -0.25) is 19.9 Å². The quantitative estimate of drug-likeness (QED) is 0.147. The summed E-state index contributed by atoms with van der Waals surface area (Å²) in [5, 5.41) is 0. The van der Waals surface area contributed by atoms with E-state index in [4.69, 9.17) is 9.97 Å². The van der Waals surface area contributed by atoms with Crippen LogP contribution in [0.1, 0.15) is 5.56 Å². The van der Waals surface area contributed by atoms with Crippen LogP contribution in [0.3, 0.4) is 0 Å². The second-order valence-corrected chi connectivity index (χ2v) is 13.4. The Morgan fingerprint density at radius 2 is 0.607 bits per heavy atom. The van der Waals surface area contributed by atoms with Gasteiger partial charge in [-0.25, -0.2) is 9.97 Å². The average Bonchev–Trinajstić information content (AvgIpc) is 3.28. The van der Waals surface area contributed by atoms with E-state index in [1.807, 2.05) is 72.8 Å². The highest BCUT2D eigenvalue weighted by molar-refractivity contribution is 5.82. The molecule has 266 valence electrons. The Morgan fingerprint density at radius 3 is 0.893 bits per heavy atom. The lowest BCUT2D eigenvalue weighted by Crippen LogP contribution is -2.09. The number of hydrogen-bond acceptors (Lipinski definition) is 7. The highest BCUT2D eigenvalue weighted by Crippen LogP contribution is 2.38. The number of aromatic nitrogens is 6. The van der Waals surface area contributed by atoms with Crippen molar-refractivity contribution in [2.45, 2.75) is 6.92 Å². The van der Waals surface area contributed by atoms with E-state index >= 15 is 0 Å². The lowest BCUT2D eigenvalue weighted by atomic mass is 10.0. The molecule has 56 heavy (non-hydrogen) atoms. The molecule has 0 atom stereocenters. The molecule has 7 nitrogen and oxygen atoms in total. The summed E-state index contributed by atoms with van der Waals surface area (Å²) in [6, 6.07) is 57.9. The lowest BCUT2D eigenvalue weighted by Gasteiger charge is -2.26. The molecular weight excluding hydrogens is 687 g/mol. The van der Waals surface area contributed by atoms with Crippen LogP contribution in [-0.4, -0.2) is 29.9 Å². The zero-order valence-electron chi connectivity index (χ0n) is 30.6. The van der Waals surface area contributed by atoms with Gasteiger partial charge >= 0.3 is 0 Å².